The van der Waals surface area contributed by atoms with Gasteiger partial charge < -0.3 is 4.74 Å². The fraction of sp³-hybridized carbons (Fsp3) is 0.273. The summed E-state index contributed by atoms with van der Waals surface area (Å²) in [6.45, 7) is 0.496. The summed E-state index contributed by atoms with van der Waals surface area (Å²) in [5.74, 6) is 0.196. The Labute approximate surface area is 96.6 Å². The Hall–Kier alpha value is -1.62. The molecule has 1 N–H and O–H groups in total. The molecular formula is C11H12N2O2S. The molecule has 0 fully saturated rings. The van der Waals surface area contributed by atoms with Gasteiger partial charge >= 0.3 is 4.87 Å². The fourth-order valence-corrected chi connectivity index (χ4v) is 2.46. The Morgan fingerprint density at radius 2 is 2.25 bits per heavy atom. The van der Waals surface area contributed by atoms with Crippen molar-refractivity contribution in [1.29, 1.82) is 5.41 Å². The van der Waals surface area contributed by atoms with Gasteiger partial charge in [0.25, 0.3) is 0 Å². The number of hydrogen-bond acceptors (Lipinski definition) is 4. The number of nitrogens with zero attached hydrogens (tertiary/aromatic N) is 1. The maximum absolute atomic E-state index is 11.7. The van der Waals surface area contributed by atoms with Gasteiger partial charge in [-0.3, -0.25) is 14.8 Å². The van der Waals surface area contributed by atoms with Crippen molar-refractivity contribution in [2.75, 3.05) is 7.11 Å². The predicted octanol–water partition coefficient (Wildman–Crippen LogP) is 2.08. The SMILES string of the molecule is COC(=N)CCn1c(=O)sc2ccccc21. The second-order valence-corrected chi connectivity index (χ2v) is 4.36. The van der Waals surface area contributed by atoms with E-state index in [1.165, 1.54) is 18.4 Å². The van der Waals surface area contributed by atoms with Crippen LogP contribution in [0.4, 0.5) is 0 Å². The van der Waals surface area contributed by atoms with Crippen molar-refractivity contribution in [3.05, 3.63) is 33.9 Å². The van der Waals surface area contributed by atoms with E-state index in [9.17, 15) is 4.79 Å². The molecular weight excluding hydrogens is 224 g/mol. The molecule has 0 saturated carbocycles. The summed E-state index contributed by atoms with van der Waals surface area (Å²) in [7, 11) is 1.47. The van der Waals surface area contributed by atoms with Gasteiger partial charge in [-0.2, -0.15) is 0 Å². The van der Waals surface area contributed by atoms with Crippen LogP contribution in [-0.4, -0.2) is 17.6 Å². The number of methoxy groups -OCH3 is 1. The van der Waals surface area contributed by atoms with E-state index in [1.807, 2.05) is 24.3 Å². The van der Waals surface area contributed by atoms with Crippen molar-refractivity contribution in [2.45, 2.75) is 13.0 Å². The molecule has 0 atom stereocenters. The van der Waals surface area contributed by atoms with Gasteiger partial charge in [0.05, 0.1) is 17.3 Å². The van der Waals surface area contributed by atoms with Crippen molar-refractivity contribution < 1.29 is 4.74 Å². The van der Waals surface area contributed by atoms with E-state index in [0.717, 1.165) is 10.2 Å². The van der Waals surface area contributed by atoms with Gasteiger partial charge in [0.15, 0.2) is 5.90 Å². The minimum atomic E-state index is 0.0186. The zero-order chi connectivity index (χ0) is 11.5. The lowest BCUT2D eigenvalue weighted by Crippen LogP contribution is -2.15. The number of ether oxygens (including phenoxy) is 1. The number of hydrogen-bond donors (Lipinski definition) is 1. The second-order valence-electron chi connectivity index (χ2n) is 3.36. The van der Waals surface area contributed by atoms with Crippen LogP contribution in [0.15, 0.2) is 29.1 Å². The van der Waals surface area contributed by atoms with Crippen LogP contribution in [0.3, 0.4) is 0 Å². The Morgan fingerprint density at radius 3 is 3.00 bits per heavy atom. The van der Waals surface area contributed by atoms with E-state index in [0.29, 0.717) is 13.0 Å². The van der Waals surface area contributed by atoms with Crippen molar-refractivity contribution in [2.24, 2.45) is 0 Å². The summed E-state index contributed by atoms with van der Waals surface area (Å²) >= 11 is 1.23. The van der Waals surface area contributed by atoms with E-state index in [2.05, 4.69) is 0 Å². The van der Waals surface area contributed by atoms with E-state index < -0.39 is 0 Å². The van der Waals surface area contributed by atoms with Gasteiger partial charge in [-0.1, -0.05) is 23.5 Å². The summed E-state index contributed by atoms with van der Waals surface area (Å²) < 4.78 is 7.44. The van der Waals surface area contributed by atoms with Crippen LogP contribution in [-0.2, 0) is 11.3 Å². The molecule has 1 aromatic heterocycles. The minimum Gasteiger partial charge on any atom is -0.484 e. The van der Waals surface area contributed by atoms with Gasteiger partial charge in [-0.15, -0.1) is 0 Å². The Bertz CT molecular complexity index is 571. The first-order valence-electron chi connectivity index (χ1n) is 4.92. The van der Waals surface area contributed by atoms with E-state index in [-0.39, 0.29) is 10.8 Å². The lowest BCUT2D eigenvalue weighted by molar-refractivity contribution is 0.382. The third-order valence-corrected chi connectivity index (χ3v) is 3.34. The van der Waals surface area contributed by atoms with Gasteiger partial charge in [0, 0.05) is 13.0 Å². The maximum atomic E-state index is 11.7. The minimum absolute atomic E-state index is 0.0186. The van der Waals surface area contributed by atoms with E-state index >= 15 is 0 Å². The van der Waals surface area contributed by atoms with Crippen molar-refractivity contribution in [3.63, 3.8) is 0 Å². The molecule has 0 spiro atoms. The van der Waals surface area contributed by atoms with Crippen LogP contribution < -0.4 is 4.87 Å². The molecule has 16 heavy (non-hydrogen) atoms. The topological polar surface area (TPSA) is 55.1 Å². The van der Waals surface area contributed by atoms with E-state index in [1.54, 1.807) is 4.57 Å². The number of para-hydroxylation sites is 1. The quantitative estimate of drug-likeness (QED) is 0.655. The molecule has 2 rings (SSSR count). The van der Waals surface area contributed by atoms with Crippen molar-refractivity contribution in [1.82, 2.24) is 4.57 Å². The maximum Gasteiger partial charge on any atom is 0.308 e. The smallest absolute Gasteiger partial charge is 0.308 e. The highest BCUT2D eigenvalue weighted by atomic mass is 32.1. The predicted molar refractivity (Wildman–Crippen MR) is 65.4 cm³/mol. The average molecular weight is 236 g/mol. The number of benzene rings is 1. The van der Waals surface area contributed by atoms with Crippen LogP contribution in [0.25, 0.3) is 10.2 Å². The van der Waals surface area contributed by atoms with Crippen LogP contribution in [0.5, 0.6) is 0 Å². The standard InChI is InChI=1S/C11H12N2O2S/c1-15-10(12)6-7-13-8-4-2-3-5-9(8)16-11(13)14/h2-5,12H,6-7H2,1H3. The molecule has 1 heterocycles. The second kappa shape index (κ2) is 4.49. The largest absolute Gasteiger partial charge is 0.484 e. The number of thiazole rings is 1. The molecule has 0 saturated heterocycles. The molecule has 84 valence electrons. The molecule has 0 aliphatic rings. The summed E-state index contributed by atoms with van der Waals surface area (Å²) in [5, 5.41) is 7.38. The molecule has 5 heteroatoms. The number of fused-ring (bicyclic) bond motifs is 1. The zero-order valence-electron chi connectivity index (χ0n) is 8.90. The lowest BCUT2D eigenvalue weighted by Gasteiger charge is -2.03. The Kier molecular flexibility index (Phi) is 3.05. The average Bonchev–Trinajstić information content (AvgIpc) is 2.62. The molecule has 1 aromatic carbocycles. The highest BCUT2D eigenvalue weighted by molar-refractivity contribution is 7.16. The molecule has 0 aliphatic heterocycles. The van der Waals surface area contributed by atoms with Gasteiger partial charge in [-0.05, 0) is 12.1 Å². The molecule has 0 amide bonds. The molecule has 0 unspecified atom stereocenters. The first-order valence-corrected chi connectivity index (χ1v) is 5.74. The molecule has 4 nitrogen and oxygen atoms in total. The molecule has 0 aliphatic carbocycles. The fourth-order valence-electron chi connectivity index (χ4n) is 1.54. The van der Waals surface area contributed by atoms with Gasteiger partial charge in [0.1, 0.15) is 0 Å². The van der Waals surface area contributed by atoms with Gasteiger partial charge in [0.2, 0.25) is 0 Å². The summed E-state index contributed by atoms with van der Waals surface area (Å²) in [6.07, 6.45) is 0.442. The monoisotopic (exact) mass is 236 g/mol. The summed E-state index contributed by atoms with van der Waals surface area (Å²) in [6, 6.07) is 7.68. The normalized spacial score (nSPS) is 10.6. The number of aryl methyl sites for hydroxylation is 1. The van der Waals surface area contributed by atoms with Gasteiger partial charge in [-0.25, -0.2) is 0 Å². The molecule has 0 bridgehead atoms. The number of aromatic nitrogens is 1. The third kappa shape index (κ3) is 1.99. The highest BCUT2D eigenvalue weighted by Crippen LogP contribution is 2.16. The van der Waals surface area contributed by atoms with Crippen LogP contribution in [0.1, 0.15) is 6.42 Å². The van der Waals surface area contributed by atoms with E-state index in [4.69, 9.17) is 10.1 Å². The summed E-state index contributed by atoms with van der Waals surface area (Å²) in [5.41, 5.74) is 0.932. The first kappa shape index (κ1) is 10.9. The number of nitrogens with one attached hydrogen (secondary N) is 1. The van der Waals surface area contributed by atoms with Crippen LogP contribution in [0.2, 0.25) is 0 Å². The third-order valence-electron chi connectivity index (χ3n) is 2.38. The van der Waals surface area contributed by atoms with Crippen LogP contribution in [0, 0.1) is 5.41 Å². The zero-order valence-corrected chi connectivity index (χ0v) is 9.71. The van der Waals surface area contributed by atoms with Crippen LogP contribution >= 0.6 is 11.3 Å². The molecule has 0 radical (unpaired) electrons. The Morgan fingerprint density at radius 1 is 1.50 bits per heavy atom. The summed E-state index contributed by atoms with van der Waals surface area (Å²) in [4.78, 5) is 11.7. The first-order chi connectivity index (χ1) is 7.72. The van der Waals surface area contributed by atoms with Crippen molar-refractivity contribution >= 4 is 27.5 Å². The number of rotatable bonds is 3. The molecule has 2 aromatic rings. The van der Waals surface area contributed by atoms with Crippen molar-refractivity contribution in [3.8, 4) is 0 Å². The Balaban J connectivity index is 2.33. The highest BCUT2D eigenvalue weighted by Gasteiger charge is 2.07. The lowest BCUT2D eigenvalue weighted by atomic mass is 10.3.